The van der Waals surface area contributed by atoms with E-state index in [1.165, 1.54) is 12.6 Å². The Labute approximate surface area is 143 Å². The minimum Gasteiger partial charge on any atom is -0.473 e. The van der Waals surface area contributed by atoms with Crippen LogP contribution in [0.2, 0.25) is 0 Å². The molecule has 8 heteroatoms. The van der Waals surface area contributed by atoms with E-state index in [4.69, 9.17) is 9.47 Å². The number of aryl methyl sites for hydroxylation is 2. The molecule has 0 fully saturated rings. The molecule has 0 amide bonds. The predicted octanol–water partition coefficient (Wildman–Crippen LogP) is 4.42. The summed E-state index contributed by atoms with van der Waals surface area (Å²) >= 11 is 0. The van der Waals surface area contributed by atoms with Crippen LogP contribution in [0.25, 0.3) is 0 Å². The Kier molecular flexibility index (Phi) is 4.69. The first-order chi connectivity index (χ1) is 11.8. The average molecular weight is 353 g/mol. The number of allylic oxidation sites excluding steroid dienone is 1. The summed E-state index contributed by atoms with van der Waals surface area (Å²) in [6, 6.07) is 4.22. The molecule has 0 saturated carbocycles. The van der Waals surface area contributed by atoms with E-state index < -0.39 is 11.9 Å². The van der Waals surface area contributed by atoms with Gasteiger partial charge in [0.25, 0.3) is 0 Å². The first-order valence-electron chi connectivity index (χ1n) is 7.90. The van der Waals surface area contributed by atoms with Crippen LogP contribution < -0.4 is 9.47 Å². The minimum absolute atomic E-state index is 0.0464. The van der Waals surface area contributed by atoms with Crippen molar-refractivity contribution in [2.24, 2.45) is 7.05 Å². The first kappa shape index (κ1) is 17.3. The van der Waals surface area contributed by atoms with Gasteiger partial charge in [0.1, 0.15) is 6.61 Å². The van der Waals surface area contributed by atoms with Gasteiger partial charge in [-0.05, 0) is 37.3 Å². The van der Waals surface area contributed by atoms with Gasteiger partial charge in [-0.15, -0.1) is 0 Å². The number of hydrogen-bond donors (Lipinski definition) is 0. The van der Waals surface area contributed by atoms with Crippen LogP contribution in [0.1, 0.15) is 30.5 Å². The second-order valence-electron chi connectivity index (χ2n) is 5.96. The summed E-state index contributed by atoms with van der Waals surface area (Å²) in [6.07, 6.45) is 0.848. The maximum absolute atomic E-state index is 12.7. The molecular formula is C17H18F3N3O2. The Balaban J connectivity index is 1.75. The van der Waals surface area contributed by atoms with E-state index >= 15 is 0 Å². The Bertz CT molecular complexity index is 797. The third-order valence-corrected chi connectivity index (χ3v) is 3.80. The lowest BCUT2D eigenvalue weighted by atomic mass is 10.2. The maximum atomic E-state index is 12.7. The summed E-state index contributed by atoms with van der Waals surface area (Å²) in [6.45, 7) is 2.29. The number of rotatable bonds is 5. The molecule has 0 N–H and O–H groups in total. The second kappa shape index (κ2) is 6.78. The summed E-state index contributed by atoms with van der Waals surface area (Å²) in [5.74, 6) is 0.489. The highest BCUT2D eigenvalue weighted by molar-refractivity contribution is 5.31. The van der Waals surface area contributed by atoms with E-state index in [0.717, 1.165) is 35.6 Å². The van der Waals surface area contributed by atoms with Crippen molar-refractivity contribution in [3.05, 3.63) is 41.1 Å². The summed E-state index contributed by atoms with van der Waals surface area (Å²) in [5, 5.41) is 3.41. The number of ether oxygens (including phenoxy) is 2. The Morgan fingerprint density at radius 1 is 1.20 bits per heavy atom. The molecule has 0 aliphatic heterocycles. The SMILES string of the molecule is Cc1cc(OCC2=CCCC2)nc(Oc2cc(C(F)(F)F)nn2C)c1. The molecule has 0 spiro atoms. The van der Waals surface area contributed by atoms with Crippen LogP contribution in [0, 0.1) is 6.92 Å². The van der Waals surface area contributed by atoms with Gasteiger partial charge in [0, 0.05) is 25.2 Å². The van der Waals surface area contributed by atoms with Crippen LogP contribution in [0.5, 0.6) is 17.6 Å². The quantitative estimate of drug-likeness (QED) is 0.747. The molecular weight excluding hydrogens is 335 g/mol. The average Bonchev–Trinajstić information content (AvgIpc) is 3.15. The highest BCUT2D eigenvalue weighted by atomic mass is 19.4. The molecule has 2 aromatic heterocycles. The van der Waals surface area contributed by atoms with Gasteiger partial charge in [0.15, 0.2) is 5.69 Å². The third-order valence-electron chi connectivity index (χ3n) is 3.80. The number of hydrogen-bond acceptors (Lipinski definition) is 4. The number of nitrogens with zero attached hydrogens (tertiary/aromatic N) is 3. The van der Waals surface area contributed by atoms with Crippen molar-refractivity contribution in [3.8, 4) is 17.6 Å². The Morgan fingerprint density at radius 2 is 1.96 bits per heavy atom. The van der Waals surface area contributed by atoms with Gasteiger partial charge in [0.05, 0.1) is 0 Å². The zero-order valence-electron chi connectivity index (χ0n) is 13.9. The van der Waals surface area contributed by atoms with Gasteiger partial charge in [-0.1, -0.05) is 6.08 Å². The Hall–Kier alpha value is -2.51. The van der Waals surface area contributed by atoms with E-state index in [9.17, 15) is 13.2 Å². The smallest absolute Gasteiger partial charge is 0.435 e. The standard InChI is InChI=1S/C17H18F3N3O2/c1-11-7-14(24-10-12-5-3-4-6-12)21-15(8-11)25-16-9-13(17(18,19)20)22-23(16)2/h5,7-9H,3-4,6,10H2,1-2H3. The van der Waals surface area contributed by atoms with Crippen LogP contribution in [0.15, 0.2) is 29.8 Å². The molecule has 1 aliphatic carbocycles. The maximum Gasteiger partial charge on any atom is 0.435 e. The molecule has 2 aromatic rings. The van der Waals surface area contributed by atoms with Crippen molar-refractivity contribution in [3.63, 3.8) is 0 Å². The van der Waals surface area contributed by atoms with Crippen LogP contribution in [-0.4, -0.2) is 21.4 Å². The third kappa shape index (κ3) is 4.32. The van der Waals surface area contributed by atoms with Crippen LogP contribution >= 0.6 is 0 Å². The van der Waals surface area contributed by atoms with Gasteiger partial charge < -0.3 is 9.47 Å². The van der Waals surface area contributed by atoms with Crippen LogP contribution in [0.3, 0.4) is 0 Å². The molecule has 25 heavy (non-hydrogen) atoms. The molecule has 0 bridgehead atoms. The van der Waals surface area contributed by atoms with Crippen molar-refractivity contribution in [2.75, 3.05) is 6.61 Å². The lowest BCUT2D eigenvalue weighted by molar-refractivity contribution is -0.141. The number of alkyl halides is 3. The number of aromatic nitrogens is 3. The summed E-state index contributed by atoms with van der Waals surface area (Å²) in [5.41, 5.74) is 1.05. The van der Waals surface area contributed by atoms with E-state index in [0.29, 0.717) is 12.5 Å². The summed E-state index contributed by atoms with van der Waals surface area (Å²) in [7, 11) is 1.38. The lowest BCUT2D eigenvalue weighted by Crippen LogP contribution is -2.06. The lowest BCUT2D eigenvalue weighted by Gasteiger charge is -2.10. The van der Waals surface area contributed by atoms with Crippen molar-refractivity contribution >= 4 is 0 Å². The Morgan fingerprint density at radius 3 is 2.60 bits per heavy atom. The highest BCUT2D eigenvalue weighted by Crippen LogP contribution is 2.32. The topological polar surface area (TPSA) is 49.2 Å². The number of halogens is 3. The molecule has 0 radical (unpaired) electrons. The predicted molar refractivity (Wildman–Crippen MR) is 84.7 cm³/mol. The summed E-state index contributed by atoms with van der Waals surface area (Å²) < 4.78 is 50.3. The molecule has 134 valence electrons. The molecule has 5 nitrogen and oxygen atoms in total. The minimum atomic E-state index is -4.53. The molecule has 0 atom stereocenters. The molecule has 0 saturated heterocycles. The zero-order valence-corrected chi connectivity index (χ0v) is 13.9. The van der Waals surface area contributed by atoms with Crippen molar-refractivity contribution < 1.29 is 22.6 Å². The second-order valence-corrected chi connectivity index (χ2v) is 5.96. The van der Waals surface area contributed by atoms with Gasteiger partial charge in [-0.2, -0.15) is 23.3 Å². The first-order valence-corrected chi connectivity index (χ1v) is 7.90. The molecule has 1 aliphatic rings. The zero-order chi connectivity index (χ0) is 18.0. The fourth-order valence-corrected chi connectivity index (χ4v) is 2.56. The van der Waals surface area contributed by atoms with E-state index in [1.54, 1.807) is 12.1 Å². The van der Waals surface area contributed by atoms with Crippen molar-refractivity contribution in [1.82, 2.24) is 14.8 Å². The number of pyridine rings is 1. The molecule has 3 rings (SSSR count). The molecule has 0 unspecified atom stereocenters. The monoisotopic (exact) mass is 353 g/mol. The normalized spacial score (nSPS) is 14.5. The fourth-order valence-electron chi connectivity index (χ4n) is 2.56. The van der Waals surface area contributed by atoms with Gasteiger partial charge >= 0.3 is 6.18 Å². The van der Waals surface area contributed by atoms with E-state index in [-0.39, 0.29) is 11.8 Å². The van der Waals surface area contributed by atoms with Crippen LogP contribution in [0.4, 0.5) is 13.2 Å². The van der Waals surface area contributed by atoms with Crippen molar-refractivity contribution in [2.45, 2.75) is 32.4 Å². The van der Waals surface area contributed by atoms with Gasteiger partial charge in [0.2, 0.25) is 17.6 Å². The summed E-state index contributed by atoms with van der Waals surface area (Å²) in [4.78, 5) is 4.21. The van der Waals surface area contributed by atoms with E-state index in [2.05, 4.69) is 16.2 Å². The molecule has 0 aromatic carbocycles. The van der Waals surface area contributed by atoms with Crippen LogP contribution in [-0.2, 0) is 13.2 Å². The van der Waals surface area contributed by atoms with Gasteiger partial charge in [-0.25, -0.2) is 4.68 Å². The fraction of sp³-hybridized carbons (Fsp3) is 0.412. The molecule has 2 heterocycles. The largest absolute Gasteiger partial charge is 0.473 e. The van der Waals surface area contributed by atoms with E-state index in [1.807, 2.05) is 6.92 Å². The van der Waals surface area contributed by atoms with Gasteiger partial charge in [-0.3, -0.25) is 0 Å². The highest BCUT2D eigenvalue weighted by Gasteiger charge is 2.35. The van der Waals surface area contributed by atoms with Crippen molar-refractivity contribution in [1.29, 1.82) is 0 Å².